The summed E-state index contributed by atoms with van der Waals surface area (Å²) in [5, 5.41) is 0. The Bertz CT molecular complexity index is 251. The van der Waals surface area contributed by atoms with E-state index in [1.807, 2.05) is 6.92 Å². The Morgan fingerprint density at radius 2 is 2.50 bits per heavy atom. The predicted molar refractivity (Wildman–Crippen MR) is 39.8 cm³/mol. The second-order valence-corrected chi connectivity index (χ2v) is 2.16. The third kappa shape index (κ3) is 1.47. The van der Waals surface area contributed by atoms with Crippen LogP contribution in [0, 0.1) is 6.07 Å². The van der Waals surface area contributed by atoms with Gasteiger partial charge in [-0.2, -0.15) is 0 Å². The van der Waals surface area contributed by atoms with E-state index in [0.29, 0.717) is 0 Å². The summed E-state index contributed by atoms with van der Waals surface area (Å²) in [5.41, 5.74) is 0.0318. The first kappa shape index (κ1) is 7.06. The molecule has 0 aliphatic heterocycles. The molecule has 1 aromatic heterocycles. The van der Waals surface area contributed by atoms with Crippen molar-refractivity contribution in [3.8, 4) is 0 Å². The molecule has 1 radical (unpaired) electrons. The number of pyridine rings is 1. The maximum Gasteiger partial charge on any atom is 0.251 e. The lowest BCUT2D eigenvalue weighted by Crippen LogP contribution is -2.17. The summed E-state index contributed by atoms with van der Waals surface area (Å²) in [7, 11) is 0. The molecule has 0 atom stereocenters. The van der Waals surface area contributed by atoms with Crippen molar-refractivity contribution in [3.05, 3.63) is 34.7 Å². The molecule has 0 aromatic carbocycles. The third-order valence-electron chi connectivity index (χ3n) is 1.31. The Labute approximate surface area is 60.1 Å². The van der Waals surface area contributed by atoms with Crippen LogP contribution < -0.4 is 5.56 Å². The Morgan fingerprint density at radius 1 is 1.70 bits per heavy atom. The molecular weight excluding hydrogens is 126 g/mol. The minimum atomic E-state index is 0.0318. The van der Waals surface area contributed by atoms with Crippen molar-refractivity contribution in [1.29, 1.82) is 0 Å². The average molecular weight is 136 g/mol. The molecule has 0 spiro atoms. The lowest BCUT2D eigenvalue weighted by atomic mass is 10.4. The lowest BCUT2D eigenvalue weighted by molar-refractivity contribution is 0.654. The van der Waals surface area contributed by atoms with Crippen LogP contribution in [0.4, 0.5) is 0 Å². The van der Waals surface area contributed by atoms with Gasteiger partial charge in [-0.1, -0.05) is 6.92 Å². The van der Waals surface area contributed by atoms with E-state index < -0.39 is 0 Å². The zero-order valence-corrected chi connectivity index (χ0v) is 6.00. The van der Waals surface area contributed by atoms with Crippen LogP contribution in [0.5, 0.6) is 0 Å². The zero-order chi connectivity index (χ0) is 7.40. The summed E-state index contributed by atoms with van der Waals surface area (Å²) >= 11 is 0. The van der Waals surface area contributed by atoms with Crippen molar-refractivity contribution in [3.63, 3.8) is 0 Å². The highest BCUT2D eigenvalue weighted by Crippen LogP contribution is 1.83. The van der Waals surface area contributed by atoms with E-state index in [1.54, 1.807) is 16.8 Å². The first-order valence-electron chi connectivity index (χ1n) is 3.41. The van der Waals surface area contributed by atoms with Gasteiger partial charge in [-0.25, -0.2) is 0 Å². The smallest absolute Gasteiger partial charge is 0.251 e. The van der Waals surface area contributed by atoms with Gasteiger partial charge in [0.15, 0.2) is 0 Å². The highest BCUT2D eigenvalue weighted by Gasteiger charge is 1.88. The molecule has 1 rings (SSSR count). The molecule has 0 amide bonds. The number of aryl methyl sites for hydroxylation is 1. The molecule has 53 valence electrons. The largest absolute Gasteiger partial charge is 0.316 e. The number of rotatable bonds is 2. The van der Waals surface area contributed by atoms with Crippen LogP contribution in [0.25, 0.3) is 0 Å². The van der Waals surface area contributed by atoms with E-state index in [1.165, 1.54) is 6.07 Å². The quantitative estimate of drug-likeness (QED) is 0.595. The van der Waals surface area contributed by atoms with E-state index in [9.17, 15) is 4.79 Å². The van der Waals surface area contributed by atoms with Crippen LogP contribution in [-0.2, 0) is 6.54 Å². The molecule has 0 N–H and O–H groups in total. The zero-order valence-electron chi connectivity index (χ0n) is 6.00. The molecule has 0 aliphatic rings. The summed E-state index contributed by atoms with van der Waals surface area (Å²) in [4.78, 5) is 10.9. The Balaban J connectivity index is 2.92. The molecule has 0 aliphatic carbocycles. The molecule has 0 saturated carbocycles. The molecule has 2 nitrogen and oxygen atoms in total. The maximum absolute atomic E-state index is 10.9. The summed E-state index contributed by atoms with van der Waals surface area (Å²) in [6.45, 7) is 2.84. The van der Waals surface area contributed by atoms with Crippen LogP contribution in [0.3, 0.4) is 0 Å². The van der Waals surface area contributed by atoms with E-state index in [-0.39, 0.29) is 5.56 Å². The van der Waals surface area contributed by atoms with Gasteiger partial charge in [0.1, 0.15) is 0 Å². The minimum Gasteiger partial charge on any atom is -0.316 e. The standard InChI is InChI=1S/C8H10NO/c1-2-6-9-7-4-3-5-8(9)10/h4-5,7H,2,6H2,1H3. The highest BCUT2D eigenvalue weighted by atomic mass is 16.1. The van der Waals surface area contributed by atoms with Crippen molar-refractivity contribution in [2.24, 2.45) is 0 Å². The monoisotopic (exact) mass is 136 g/mol. The van der Waals surface area contributed by atoms with Gasteiger partial charge in [-0.3, -0.25) is 4.79 Å². The predicted octanol–water partition coefficient (Wildman–Crippen LogP) is 1.06. The molecule has 1 aromatic rings. The van der Waals surface area contributed by atoms with Crippen LogP contribution in [0.15, 0.2) is 23.1 Å². The van der Waals surface area contributed by atoms with E-state index >= 15 is 0 Å². The second-order valence-electron chi connectivity index (χ2n) is 2.16. The summed E-state index contributed by atoms with van der Waals surface area (Å²) in [6.07, 6.45) is 2.75. The fourth-order valence-corrected chi connectivity index (χ4v) is 0.834. The molecule has 10 heavy (non-hydrogen) atoms. The van der Waals surface area contributed by atoms with Crippen LogP contribution in [-0.4, -0.2) is 4.57 Å². The van der Waals surface area contributed by atoms with Gasteiger partial charge in [-0.05, 0) is 18.6 Å². The average Bonchev–Trinajstić information content (AvgIpc) is 1.94. The SMILES string of the molecule is CCCn1cc[c]cc1=O. The van der Waals surface area contributed by atoms with Crippen LogP contribution in [0.1, 0.15) is 13.3 Å². The maximum atomic E-state index is 10.9. The first-order chi connectivity index (χ1) is 4.84. The molecule has 2 heteroatoms. The molecule has 0 fully saturated rings. The third-order valence-corrected chi connectivity index (χ3v) is 1.31. The van der Waals surface area contributed by atoms with E-state index in [2.05, 4.69) is 6.07 Å². The number of nitrogens with zero attached hydrogens (tertiary/aromatic N) is 1. The normalized spacial score (nSPS) is 9.70. The molecule has 0 saturated heterocycles. The molecule has 0 bridgehead atoms. The Morgan fingerprint density at radius 3 is 3.10 bits per heavy atom. The van der Waals surface area contributed by atoms with Crippen molar-refractivity contribution in [2.75, 3.05) is 0 Å². The second kappa shape index (κ2) is 3.20. The van der Waals surface area contributed by atoms with Gasteiger partial charge in [-0.15, -0.1) is 0 Å². The highest BCUT2D eigenvalue weighted by molar-refractivity contribution is 4.90. The molecule has 0 unspecified atom stereocenters. The van der Waals surface area contributed by atoms with Crippen LogP contribution >= 0.6 is 0 Å². The summed E-state index contributed by atoms with van der Waals surface area (Å²) in [6, 6.07) is 5.93. The van der Waals surface area contributed by atoms with Crippen molar-refractivity contribution >= 4 is 0 Å². The van der Waals surface area contributed by atoms with Gasteiger partial charge >= 0.3 is 0 Å². The van der Waals surface area contributed by atoms with E-state index in [0.717, 1.165) is 13.0 Å². The van der Waals surface area contributed by atoms with Gasteiger partial charge in [0.2, 0.25) is 0 Å². The first-order valence-corrected chi connectivity index (χ1v) is 3.41. The number of aromatic nitrogens is 1. The number of hydrogen-bond donors (Lipinski definition) is 0. The molecule has 1 heterocycles. The fraction of sp³-hybridized carbons (Fsp3) is 0.375. The van der Waals surface area contributed by atoms with Gasteiger partial charge in [0.25, 0.3) is 5.56 Å². The fourth-order valence-electron chi connectivity index (χ4n) is 0.834. The Hall–Kier alpha value is -1.05. The summed E-state index contributed by atoms with van der Waals surface area (Å²) < 4.78 is 1.68. The van der Waals surface area contributed by atoms with Gasteiger partial charge in [0.05, 0.1) is 0 Å². The van der Waals surface area contributed by atoms with Crippen LogP contribution in [0.2, 0.25) is 0 Å². The lowest BCUT2D eigenvalue weighted by Gasteiger charge is -1.99. The minimum absolute atomic E-state index is 0.0318. The topological polar surface area (TPSA) is 22.0 Å². The van der Waals surface area contributed by atoms with Gasteiger partial charge in [0, 0.05) is 18.8 Å². The Kier molecular flexibility index (Phi) is 2.26. The summed E-state index contributed by atoms with van der Waals surface area (Å²) in [5.74, 6) is 0. The van der Waals surface area contributed by atoms with Gasteiger partial charge < -0.3 is 4.57 Å². The van der Waals surface area contributed by atoms with Crippen molar-refractivity contribution < 1.29 is 0 Å². The number of hydrogen-bond acceptors (Lipinski definition) is 1. The molecular formula is C8H10NO. The van der Waals surface area contributed by atoms with Crippen molar-refractivity contribution in [2.45, 2.75) is 19.9 Å². The van der Waals surface area contributed by atoms with E-state index in [4.69, 9.17) is 0 Å². The van der Waals surface area contributed by atoms with Crippen molar-refractivity contribution in [1.82, 2.24) is 4.57 Å².